The minimum atomic E-state index is -3.09. The maximum Gasteiger partial charge on any atom is 0.233 e. The van der Waals surface area contributed by atoms with Gasteiger partial charge in [0.05, 0.1) is 34.9 Å². The molecule has 1 saturated heterocycles. The normalized spacial score (nSPS) is 18.0. The Morgan fingerprint density at radius 3 is 2.74 bits per heavy atom. The number of methoxy groups -OCH3 is 1. The van der Waals surface area contributed by atoms with E-state index in [2.05, 4.69) is 10.2 Å². The lowest BCUT2D eigenvalue weighted by Crippen LogP contribution is -2.47. The summed E-state index contributed by atoms with van der Waals surface area (Å²) in [6.45, 7) is 3.98. The van der Waals surface area contributed by atoms with Crippen LogP contribution in [0.4, 0.5) is 0 Å². The number of rotatable bonds is 9. The summed E-state index contributed by atoms with van der Waals surface area (Å²) in [6, 6.07) is 11.2. The maximum atomic E-state index is 13.4. The Morgan fingerprint density at radius 2 is 2.09 bits per heavy atom. The number of para-hydroxylation sites is 2. The molecule has 182 valence electrons. The first-order chi connectivity index (χ1) is 16.3. The summed E-state index contributed by atoms with van der Waals surface area (Å²) < 4.78 is 31.6. The number of aromatic nitrogens is 3. The van der Waals surface area contributed by atoms with E-state index in [-0.39, 0.29) is 35.2 Å². The van der Waals surface area contributed by atoms with E-state index in [0.29, 0.717) is 23.2 Å². The zero-order valence-corrected chi connectivity index (χ0v) is 21.8. The highest BCUT2D eigenvalue weighted by Gasteiger charge is 2.36. The molecule has 11 heteroatoms. The van der Waals surface area contributed by atoms with Crippen LogP contribution in [0.2, 0.25) is 0 Å². The summed E-state index contributed by atoms with van der Waals surface area (Å²) in [5, 5.41) is 11.4. The summed E-state index contributed by atoms with van der Waals surface area (Å²) in [4.78, 5) is 16.1. The Labute approximate surface area is 208 Å². The zero-order valence-electron chi connectivity index (χ0n) is 19.4. The Hall–Kier alpha value is -2.37. The Bertz CT molecular complexity index is 1240. The molecule has 1 fully saturated rings. The van der Waals surface area contributed by atoms with Gasteiger partial charge in [0.1, 0.15) is 5.75 Å². The highest BCUT2D eigenvalue weighted by molar-refractivity contribution is 7.99. The molecule has 0 N–H and O–H groups in total. The average Bonchev–Trinajstić information content (AvgIpc) is 3.57. The van der Waals surface area contributed by atoms with Gasteiger partial charge in [0, 0.05) is 12.1 Å². The van der Waals surface area contributed by atoms with E-state index in [1.54, 1.807) is 23.3 Å². The summed E-state index contributed by atoms with van der Waals surface area (Å²) in [7, 11) is -1.48. The Balaban J connectivity index is 1.63. The largest absolute Gasteiger partial charge is 0.495 e. The molecular formula is C23H28N4O4S3. The molecule has 0 saturated carbocycles. The number of amides is 1. The topological polar surface area (TPSA) is 94.4 Å². The quantitative estimate of drug-likeness (QED) is 0.395. The first kappa shape index (κ1) is 24.7. The van der Waals surface area contributed by atoms with Crippen molar-refractivity contribution in [1.82, 2.24) is 19.7 Å². The van der Waals surface area contributed by atoms with Crippen molar-refractivity contribution in [2.24, 2.45) is 0 Å². The molecule has 0 aliphatic carbocycles. The number of thioether (sulfide) groups is 1. The van der Waals surface area contributed by atoms with Crippen molar-refractivity contribution in [1.29, 1.82) is 0 Å². The van der Waals surface area contributed by atoms with Crippen LogP contribution in [-0.4, -0.2) is 70.4 Å². The summed E-state index contributed by atoms with van der Waals surface area (Å²) >= 11 is 2.86. The molecule has 8 nitrogen and oxygen atoms in total. The van der Waals surface area contributed by atoms with E-state index in [1.807, 2.05) is 60.2 Å². The summed E-state index contributed by atoms with van der Waals surface area (Å²) in [5.74, 6) is 1.57. The number of ether oxygens (including phenoxy) is 1. The number of benzene rings is 1. The fourth-order valence-corrected chi connectivity index (χ4v) is 7.39. The lowest BCUT2D eigenvalue weighted by Gasteiger charge is -2.33. The molecule has 1 aliphatic heterocycles. The highest BCUT2D eigenvalue weighted by Crippen LogP contribution is 2.34. The number of hydrogen-bond donors (Lipinski definition) is 0. The van der Waals surface area contributed by atoms with Crippen molar-refractivity contribution in [3.05, 3.63) is 41.8 Å². The molecule has 0 spiro atoms. The van der Waals surface area contributed by atoms with Crippen LogP contribution in [-0.2, 0) is 14.6 Å². The second kappa shape index (κ2) is 10.5. The van der Waals surface area contributed by atoms with E-state index < -0.39 is 9.84 Å². The van der Waals surface area contributed by atoms with Crippen molar-refractivity contribution in [3.63, 3.8) is 0 Å². The smallest absolute Gasteiger partial charge is 0.233 e. The number of carbonyl (C=O) groups excluding carboxylic acids is 1. The number of thiophene rings is 1. The number of carbonyl (C=O) groups is 1. The first-order valence-corrected chi connectivity index (χ1v) is 14.8. The number of sulfone groups is 1. The second-order valence-electron chi connectivity index (χ2n) is 8.19. The Kier molecular flexibility index (Phi) is 7.63. The van der Waals surface area contributed by atoms with Crippen LogP contribution in [0.25, 0.3) is 16.4 Å². The van der Waals surface area contributed by atoms with Crippen LogP contribution in [0.1, 0.15) is 26.7 Å². The van der Waals surface area contributed by atoms with Crippen LogP contribution in [0.3, 0.4) is 0 Å². The lowest BCUT2D eigenvalue weighted by atomic mass is 10.1. The molecule has 1 amide bonds. The first-order valence-electron chi connectivity index (χ1n) is 11.1. The van der Waals surface area contributed by atoms with Gasteiger partial charge in [-0.2, -0.15) is 0 Å². The van der Waals surface area contributed by atoms with Crippen LogP contribution in [0.15, 0.2) is 46.9 Å². The van der Waals surface area contributed by atoms with Crippen molar-refractivity contribution in [3.8, 4) is 22.1 Å². The van der Waals surface area contributed by atoms with Gasteiger partial charge >= 0.3 is 0 Å². The molecule has 3 aromatic rings. The molecule has 0 bridgehead atoms. The second-order valence-corrected chi connectivity index (χ2v) is 12.3. The van der Waals surface area contributed by atoms with Gasteiger partial charge < -0.3 is 9.64 Å². The van der Waals surface area contributed by atoms with E-state index in [1.165, 1.54) is 11.8 Å². The van der Waals surface area contributed by atoms with Crippen LogP contribution >= 0.6 is 23.1 Å². The van der Waals surface area contributed by atoms with Crippen molar-refractivity contribution in [2.75, 3.05) is 24.4 Å². The third-order valence-corrected chi connectivity index (χ3v) is 9.51. The van der Waals surface area contributed by atoms with Crippen molar-refractivity contribution < 1.29 is 17.9 Å². The van der Waals surface area contributed by atoms with Gasteiger partial charge in [-0.3, -0.25) is 9.36 Å². The standard InChI is InChI=1S/C23H28N4O4S3/c1-4-16(2)26(17-11-13-34(29,30)15-17)21(28)14-33-23-25-24-22(20-10-7-12-32-20)27(23)18-8-5-6-9-19(18)31-3/h5-10,12,16-17H,4,11,13-15H2,1-3H3. The van der Waals surface area contributed by atoms with E-state index >= 15 is 0 Å². The van der Waals surface area contributed by atoms with Crippen LogP contribution in [0.5, 0.6) is 5.75 Å². The molecule has 2 aromatic heterocycles. The lowest BCUT2D eigenvalue weighted by molar-refractivity contribution is -0.132. The molecular weight excluding hydrogens is 492 g/mol. The molecule has 34 heavy (non-hydrogen) atoms. The van der Waals surface area contributed by atoms with Crippen LogP contribution < -0.4 is 4.74 Å². The molecule has 1 aromatic carbocycles. The summed E-state index contributed by atoms with van der Waals surface area (Å²) in [6.07, 6.45) is 1.25. The zero-order chi connectivity index (χ0) is 24.3. The molecule has 1 aliphatic rings. The van der Waals surface area contributed by atoms with E-state index in [9.17, 15) is 13.2 Å². The minimum Gasteiger partial charge on any atom is -0.495 e. The fraction of sp³-hybridized carbons (Fsp3) is 0.435. The predicted molar refractivity (Wildman–Crippen MR) is 136 cm³/mol. The maximum absolute atomic E-state index is 13.4. The monoisotopic (exact) mass is 520 g/mol. The van der Waals surface area contributed by atoms with Crippen LogP contribution in [0, 0.1) is 0 Å². The highest BCUT2D eigenvalue weighted by atomic mass is 32.2. The van der Waals surface area contributed by atoms with E-state index in [4.69, 9.17) is 4.74 Å². The van der Waals surface area contributed by atoms with E-state index in [0.717, 1.165) is 17.0 Å². The molecule has 0 radical (unpaired) electrons. The number of nitrogens with zero attached hydrogens (tertiary/aromatic N) is 4. The minimum absolute atomic E-state index is 0.0354. The molecule has 4 rings (SSSR count). The van der Waals surface area contributed by atoms with Crippen molar-refractivity contribution >= 4 is 38.8 Å². The van der Waals surface area contributed by atoms with Gasteiger partial charge in [-0.1, -0.05) is 36.9 Å². The van der Waals surface area contributed by atoms with Gasteiger partial charge in [0.2, 0.25) is 5.91 Å². The molecule has 3 heterocycles. The summed E-state index contributed by atoms with van der Waals surface area (Å²) in [5.41, 5.74) is 0.786. The van der Waals surface area contributed by atoms with Gasteiger partial charge in [-0.15, -0.1) is 21.5 Å². The molecule has 2 atom stereocenters. The third kappa shape index (κ3) is 5.16. The average molecular weight is 521 g/mol. The number of hydrogen-bond acceptors (Lipinski definition) is 8. The predicted octanol–water partition coefficient (Wildman–Crippen LogP) is 3.91. The van der Waals surface area contributed by atoms with Gasteiger partial charge in [0.15, 0.2) is 20.8 Å². The molecule has 2 unspecified atom stereocenters. The van der Waals surface area contributed by atoms with Gasteiger partial charge in [-0.05, 0) is 43.3 Å². The van der Waals surface area contributed by atoms with Crippen molar-refractivity contribution in [2.45, 2.75) is 43.9 Å². The van der Waals surface area contributed by atoms with Gasteiger partial charge in [0.25, 0.3) is 0 Å². The third-order valence-electron chi connectivity index (χ3n) is 5.98. The van der Waals surface area contributed by atoms with Gasteiger partial charge in [-0.25, -0.2) is 8.42 Å². The fourth-order valence-electron chi connectivity index (χ4n) is 4.16. The SMILES string of the molecule is CCC(C)N(C(=O)CSc1nnc(-c2cccs2)n1-c1ccccc1OC)C1CCS(=O)(=O)C1. The Morgan fingerprint density at radius 1 is 1.29 bits per heavy atom.